The highest BCUT2D eigenvalue weighted by Crippen LogP contribution is 2.37. The van der Waals surface area contributed by atoms with Crippen LogP contribution in [0.3, 0.4) is 0 Å². The summed E-state index contributed by atoms with van der Waals surface area (Å²) < 4.78 is 0. The minimum Gasteiger partial charge on any atom is -0.355 e. The molecule has 2 aromatic rings. The first-order valence-corrected chi connectivity index (χ1v) is 10.8. The van der Waals surface area contributed by atoms with Crippen LogP contribution in [0.5, 0.6) is 0 Å². The maximum absolute atomic E-state index is 5.96. The van der Waals surface area contributed by atoms with E-state index in [0.717, 1.165) is 68.5 Å². The van der Waals surface area contributed by atoms with Gasteiger partial charge in [0.1, 0.15) is 11.5 Å². The number of benzene rings is 1. The van der Waals surface area contributed by atoms with Gasteiger partial charge in [0.15, 0.2) is 5.84 Å². The van der Waals surface area contributed by atoms with Crippen molar-refractivity contribution in [1.82, 2.24) is 9.97 Å². The average molecular weight is 391 g/mol. The summed E-state index contributed by atoms with van der Waals surface area (Å²) in [5.74, 6) is 2.54. The molecular formula is C23H30N6. The molecule has 1 aromatic heterocycles. The number of piperidine rings is 1. The van der Waals surface area contributed by atoms with Crippen LogP contribution in [-0.2, 0) is 6.54 Å². The molecule has 1 atom stereocenters. The highest BCUT2D eigenvalue weighted by molar-refractivity contribution is 6.11. The predicted octanol–water partition coefficient (Wildman–Crippen LogP) is 3.32. The van der Waals surface area contributed by atoms with E-state index in [9.17, 15) is 0 Å². The standard InChI is InChI=1S/C23H30N6/c1-16-7-10-29(19-6-4-3-5-17(16)19)22-21-18(13-26-22)27-20(14-25-21)28-11-8-23(2,15-24)9-12-28/h3-6,14,16H,7-13,15,24H2,1-2H3. The molecule has 3 aliphatic heterocycles. The van der Waals surface area contributed by atoms with Crippen LogP contribution in [-0.4, -0.2) is 42.0 Å². The molecule has 0 amide bonds. The van der Waals surface area contributed by atoms with Crippen molar-refractivity contribution in [3.63, 3.8) is 0 Å². The molecule has 1 saturated heterocycles. The molecule has 6 nitrogen and oxygen atoms in total. The first-order valence-electron chi connectivity index (χ1n) is 10.8. The lowest BCUT2D eigenvalue weighted by Gasteiger charge is -2.39. The number of amidine groups is 1. The van der Waals surface area contributed by atoms with Crippen LogP contribution < -0.4 is 15.5 Å². The number of aromatic nitrogens is 2. The second-order valence-corrected chi connectivity index (χ2v) is 9.07. The summed E-state index contributed by atoms with van der Waals surface area (Å²) in [6.45, 7) is 8.93. The fourth-order valence-electron chi connectivity index (χ4n) is 4.75. The van der Waals surface area contributed by atoms with Gasteiger partial charge in [0.2, 0.25) is 0 Å². The molecule has 4 heterocycles. The summed E-state index contributed by atoms with van der Waals surface area (Å²) in [4.78, 5) is 19.3. The molecule has 1 fully saturated rings. The number of para-hydroxylation sites is 1. The van der Waals surface area contributed by atoms with Crippen LogP contribution in [0.2, 0.25) is 0 Å². The fourth-order valence-corrected chi connectivity index (χ4v) is 4.75. The highest BCUT2D eigenvalue weighted by atomic mass is 15.2. The molecule has 29 heavy (non-hydrogen) atoms. The summed E-state index contributed by atoms with van der Waals surface area (Å²) >= 11 is 0. The van der Waals surface area contributed by atoms with Crippen LogP contribution in [0.25, 0.3) is 0 Å². The molecule has 6 heteroatoms. The third kappa shape index (κ3) is 3.19. The van der Waals surface area contributed by atoms with Gasteiger partial charge in [-0.2, -0.15) is 0 Å². The number of anilines is 2. The molecule has 2 N–H and O–H groups in total. The quantitative estimate of drug-likeness (QED) is 0.852. The number of hydrogen-bond acceptors (Lipinski definition) is 6. The zero-order chi connectivity index (χ0) is 20.0. The van der Waals surface area contributed by atoms with E-state index in [4.69, 9.17) is 20.7 Å². The fraction of sp³-hybridized carbons (Fsp3) is 0.522. The normalized spacial score (nSPS) is 22.9. The van der Waals surface area contributed by atoms with E-state index in [1.807, 2.05) is 6.20 Å². The van der Waals surface area contributed by atoms with Gasteiger partial charge in [-0.05, 0) is 48.8 Å². The van der Waals surface area contributed by atoms with Gasteiger partial charge in [-0.25, -0.2) is 9.97 Å². The summed E-state index contributed by atoms with van der Waals surface area (Å²) in [6, 6.07) is 8.68. The van der Waals surface area contributed by atoms with E-state index in [1.165, 1.54) is 11.3 Å². The lowest BCUT2D eigenvalue weighted by molar-refractivity contribution is 0.258. The van der Waals surface area contributed by atoms with Crippen LogP contribution in [0.4, 0.5) is 11.5 Å². The molecule has 0 spiro atoms. The first-order chi connectivity index (χ1) is 14.1. The molecule has 0 radical (unpaired) electrons. The van der Waals surface area contributed by atoms with E-state index in [0.29, 0.717) is 12.5 Å². The highest BCUT2D eigenvalue weighted by Gasteiger charge is 2.32. The maximum atomic E-state index is 5.96. The van der Waals surface area contributed by atoms with Crippen molar-refractivity contribution in [3.05, 3.63) is 47.4 Å². The van der Waals surface area contributed by atoms with Gasteiger partial charge in [0.05, 0.1) is 18.4 Å². The topological polar surface area (TPSA) is 70.6 Å². The average Bonchev–Trinajstić information content (AvgIpc) is 3.18. The Morgan fingerprint density at radius 3 is 2.76 bits per heavy atom. The van der Waals surface area contributed by atoms with E-state index in [1.54, 1.807) is 0 Å². The Bertz CT molecular complexity index is 944. The molecule has 5 rings (SSSR count). The molecular weight excluding hydrogens is 360 g/mol. The minimum absolute atomic E-state index is 0.260. The van der Waals surface area contributed by atoms with Crippen LogP contribution in [0.15, 0.2) is 35.5 Å². The Kier molecular flexibility index (Phi) is 4.54. The number of nitrogens with zero attached hydrogens (tertiary/aromatic N) is 5. The largest absolute Gasteiger partial charge is 0.355 e. The Morgan fingerprint density at radius 1 is 1.17 bits per heavy atom. The van der Waals surface area contributed by atoms with Gasteiger partial charge in [-0.15, -0.1) is 0 Å². The van der Waals surface area contributed by atoms with Crippen LogP contribution >= 0.6 is 0 Å². The second kappa shape index (κ2) is 7.10. The van der Waals surface area contributed by atoms with Gasteiger partial charge < -0.3 is 15.5 Å². The number of aliphatic imine (C=N–C) groups is 1. The van der Waals surface area contributed by atoms with Gasteiger partial charge in [-0.3, -0.25) is 4.99 Å². The van der Waals surface area contributed by atoms with Gasteiger partial charge >= 0.3 is 0 Å². The van der Waals surface area contributed by atoms with E-state index in [2.05, 4.69) is 47.9 Å². The van der Waals surface area contributed by atoms with Crippen molar-refractivity contribution in [2.75, 3.05) is 36.0 Å². The lowest BCUT2D eigenvalue weighted by atomic mass is 9.80. The van der Waals surface area contributed by atoms with Gasteiger partial charge in [-0.1, -0.05) is 32.0 Å². The molecule has 1 unspecified atom stereocenters. The Hall–Kier alpha value is -2.47. The van der Waals surface area contributed by atoms with Crippen molar-refractivity contribution in [1.29, 1.82) is 0 Å². The monoisotopic (exact) mass is 390 g/mol. The van der Waals surface area contributed by atoms with Crippen molar-refractivity contribution in [2.24, 2.45) is 16.1 Å². The number of hydrogen-bond donors (Lipinski definition) is 1. The van der Waals surface area contributed by atoms with Crippen LogP contribution in [0.1, 0.15) is 56.0 Å². The molecule has 3 aliphatic rings. The summed E-state index contributed by atoms with van der Waals surface area (Å²) in [5, 5.41) is 0. The van der Waals surface area contributed by atoms with Crippen molar-refractivity contribution >= 4 is 17.3 Å². The summed E-state index contributed by atoms with van der Waals surface area (Å²) in [6.07, 6.45) is 5.27. The summed E-state index contributed by atoms with van der Waals surface area (Å²) in [5.41, 5.74) is 10.8. The van der Waals surface area contributed by atoms with E-state index >= 15 is 0 Å². The zero-order valence-electron chi connectivity index (χ0n) is 17.4. The predicted molar refractivity (Wildman–Crippen MR) is 118 cm³/mol. The Labute approximate surface area is 172 Å². The number of fused-ring (bicyclic) bond motifs is 2. The lowest BCUT2D eigenvalue weighted by Crippen LogP contribution is -2.42. The maximum Gasteiger partial charge on any atom is 0.156 e. The first kappa shape index (κ1) is 18.6. The Balaban J connectivity index is 1.39. The number of rotatable bonds is 2. The van der Waals surface area contributed by atoms with Gasteiger partial charge in [0, 0.05) is 25.3 Å². The zero-order valence-corrected chi connectivity index (χ0v) is 17.4. The SMILES string of the molecule is CC1CCN(C2=NCc3nc(N4CCC(C)(CN)CC4)cnc32)c2ccccc21. The van der Waals surface area contributed by atoms with Gasteiger partial charge in [0.25, 0.3) is 0 Å². The van der Waals surface area contributed by atoms with Crippen molar-refractivity contribution in [3.8, 4) is 0 Å². The summed E-state index contributed by atoms with van der Waals surface area (Å²) in [7, 11) is 0. The third-order valence-corrected chi connectivity index (χ3v) is 7.01. The smallest absolute Gasteiger partial charge is 0.156 e. The molecule has 152 valence electrons. The van der Waals surface area contributed by atoms with Crippen LogP contribution in [0, 0.1) is 5.41 Å². The van der Waals surface area contributed by atoms with Crippen molar-refractivity contribution in [2.45, 2.75) is 45.6 Å². The molecule has 0 saturated carbocycles. The van der Waals surface area contributed by atoms with Crippen molar-refractivity contribution < 1.29 is 0 Å². The molecule has 0 bridgehead atoms. The second-order valence-electron chi connectivity index (χ2n) is 9.07. The van der Waals surface area contributed by atoms with E-state index < -0.39 is 0 Å². The molecule has 1 aromatic carbocycles. The Morgan fingerprint density at radius 2 is 1.97 bits per heavy atom. The third-order valence-electron chi connectivity index (χ3n) is 7.01. The minimum atomic E-state index is 0.260. The molecule has 0 aliphatic carbocycles. The number of nitrogens with two attached hydrogens (primary N) is 1. The van der Waals surface area contributed by atoms with E-state index in [-0.39, 0.29) is 5.41 Å².